The van der Waals surface area contributed by atoms with Crippen molar-refractivity contribution in [1.29, 1.82) is 0 Å². The van der Waals surface area contributed by atoms with Crippen LogP contribution in [0.5, 0.6) is 0 Å². The van der Waals surface area contributed by atoms with E-state index in [0.717, 1.165) is 44.2 Å². The van der Waals surface area contributed by atoms with E-state index >= 15 is 0 Å². The van der Waals surface area contributed by atoms with Crippen LogP contribution in [0.25, 0.3) is 0 Å². The Bertz CT molecular complexity index is 509. The first-order valence-electron chi connectivity index (χ1n) is 7.75. The maximum Gasteiger partial charge on any atom is 0.223 e. The van der Waals surface area contributed by atoms with Gasteiger partial charge in [-0.2, -0.15) is 0 Å². The van der Waals surface area contributed by atoms with E-state index in [2.05, 4.69) is 20.0 Å². The standard InChI is InChI=1S/C14H20N4O2S/c19-12-4-1-5-18(12)11-8-17(14-16-15-9-21-14)7-10-3-2-6-20-13(10)11/h9-11,13H,1-8H2/t10-,11+,13-/m0/s1. The van der Waals surface area contributed by atoms with E-state index in [0.29, 0.717) is 12.3 Å². The minimum absolute atomic E-state index is 0.169. The number of anilines is 1. The Morgan fingerprint density at radius 1 is 1.33 bits per heavy atom. The molecular formula is C14H20N4O2S. The lowest BCUT2D eigenvalue weighted by atomic mass is 9.85. The number of rotatable bonds is 2. The third kappa shape index (κ3) is 2.42. The van der Waals surface area contributed by atoms with Crippen molar-refractivity contribution in [2.45, 2.75) is 37.8 Å². The van der Waals surface area contributed by atoms with Gasteiger partial charge in [-0.25, -0.2) is 0 Å². The fourth-order valence-electron chi connectivity index (χ4n) is 3.93. The van der Waals surface area contributed by atoms with E-state index in [-0.39, 0.29) is 18.1 Å². The summed E-state index contributed by atoms with van der Waals surface area (Å²) in [5.74, 6) is 0.779. The van der Waals surface area contributed by atoms with Crippen LogP contribution in [0.15, 0.2) is 5.51 Å². The van der Waals surface area contributed by atoms with Crippen LogP contribution in [-0.2, 0) is 9.53 Å². The summed E-state index contributed by atoms with van der Waals surface area (Å²) >= 11 is 1.57. The number of fused-ring (bicyclic) bond motifs is 1. The molecule has 114 valence electrons. The molecule has 1 amide bonds. The van der Waals surface area contributed by atoms with Crippen LogP contribution in [0.2, 0.25) is 0 Å². The molecule has 0 spiro atoms. The molecule has 1 aromatic heterocycles. The summed E-state index contributed by atoms with van der Waals surface area (Å²) in [6.07, 6.45) is 4.16. The Morgan fingerprint density at radius 3 is 3.05 bits per heavy atom. The van der Waals surface area contributed by atoms with Crippen LogP contribution in [0.1, 0.15) is 25.7 Å². The second-order valence-corrected chi connectivity index (χ2v) is 6.93. The molecule has 0 aliphatic carbocycles. The van der Waals surface area contributed by atoms with Gasteiger partial charge in [0.25, 0.3) is 0 Å². The molecular weight excluding hydrogens is 288 g/mol. The predicted molar refractivity (Wildman–Crippen MR) is 79.3 cm³/mol. The third-order valence-corrected chi connectivity index (χ3v) is 5.62. The van der Waals surface area contributed by atoms with E-state index < -0.39 is 0 Å². The fourth-order valence-corrected chi connectivity index (χ4v) is 4.51. The lowest BCUT2D eigenvalue weighted by Gasteiger charge is -2.48. The first kappa shape index (κ1) is 13.5. The molecule has 3 aliphatic heterocycles. The van der Waals surface area contributed by atoms with Gasteiger partial charge in [-0.3, -0.25) is 4.79 Å². The molecule has 3 aliphatic rings. The molecule has 4 rings (SSSR count). The van der Waals surface area contributed by atoms with Crippen molar-refractivity contribution < 1.29 is 9.53 Å². The van der Waals surface area contributed by atoms with Crippen molar-refractivity contribution in [3.8, 4) is 0 Å². The van der Waals surface area contributed by atoms with Crippen LogP contribution in [0.3, 0.4) is 0 Å². The molecule has 0 unspecified atom stereocenters. The quantitative estimate of drug-likeness (QED) is 0.820. The third-order valence-electron chi connectivity index (χ3n) is 4.87. The smallest absolute Gasteiger partial charge is 0.223 e. The van der Waals surface area contributed by atoms with Crippen molar-refractivity contribution in [1.82, 2.24) is 15.1 Å². The van der Waals surface area contributed by atoms with Crippen LogP contribution < -0.4 is 4.90 Å². The van der Waals surface area contributed by atoms with Crippen molar-refractivity contribution >= 4 is 22.4 Å². The van der Waals surface area contributed by atoms with Gasteiger partial charge in [-0.05, 0) is 19.3 Å². The lowest BCUT2D eigenvalue weighted by Crippen LogP contribution is -2.61. The second kappa shape index (κ2) is 5.53. The van der Waals surface area contributed by atoms with E-state index in [4.69, 9.17) is 4.74 Å². The van der Waals surface area contributed by atoms with E-state index in [1.54, 1.807) is 16.8 Å². The summed E-state index contributed by atoms with van der Waals surface area (Å²) in [7, 11) is 0. The highest BCUT2D eigenvalue weighted by Gasteiger charge is 2.44. The van der Waals surface area contributed by atoms with Gasteiger partial charge in [-0.15, -0.1) is 10.2 Å². The van der Waals surface area contributed by atoms with Crippen LogP contribution in [0, 0.1) is 5.92 Å². The molecule has 1 aromatic rings. The van der Waals surface area contributed by atoms with Gasteiger partial charge in [0.05, 0.1) is 12.1 Å². The Labute approximate surface area is 128 Å². The van der Waals surface area contributed by atoms with Crippen LogP contribution in [-0.4, -0.2) is 59.4 Å². The van der Waals surface area contributed by atoms with Crippen molar-refractivity contribution in [2.75, 3.05) is 31.1 Å². The predicted octanol–water partition coefficient (Wildman–Crippen LogP) is 1.14. The number of hydrogen-bond donors (Lipinski definition) is 0. The molecule has 0 bridgehead atoms. The molecule has 3 fully saturated rings. The maximum absolute atomic E-state index is 12.2. The normalized spacial score (nSPS) is 33.3. The van der Waals surface area contributed by atoms with Gasteiger partial charge in [0.2, 0.25) is 11.0 Å². The number of ether oxygens (including phenoxy) is 1. The SMILES string of the molecule is O=C1CCCN1[C@@H]1CN(c2nncs2)C[C@@H]2CCCO[C@@H]21. The number of piperidine rings is 1. The molecule has 3 atom stereocenters. The molecule has 0 radical (unpaired) electrons. The van der Waals surface area contributed by atoms with Crippen molar-refractivity contribution in [2.24, 2.45) is 5.92 Å². The largest absolute Gasteiger partial charge is 0.376 e. The van der Waals surface area contributed by atoms with E-state index in [1.807, 2.05) is 0 Å². The Hall–Kier alpha value is -1.21. The minimum atomic E-state index is 0.169. The van der Waals surface area contributed by atoms with Crippen molar-refractivity contribution in [3.05, 3.63) is 5.51 Å². The van der Waals surface area contributed by atoms with Crippen molar-refractivity contribution in [3.63, 3.8) is 0 Å². The topological polar surface area (TPSA) is 58.6 Å². The molecule has 0 aromatic carbocycles. The number of aromatic nitrogens is 2. The summed E-state index contributed by atoms with van der Waals surface area (Å²) < 4.78 is 6.07. The zero-order chi connectivity index (χ0) is 14.2. The highest BCUT2D eigenvalue weighted by atomic mass is 32.1. The molecule has 6 nitrogen and oxygen atoms in total. The zero-order valence-electron chi connectivity index (χ0n) is 12.0. The zero-order valence-corrected chi connectivity index (χ0v) is 12.8. The second-order valence-electron chi connectivity index (χ2n) is 6.12. The molecule has 0 saturated carbocycles. The Morgan fingerprint density at radius 2 is 2.29 bits per heavy atom. The summed E-state index contributed by atoms with van der Waals surface area (Å²) in [6.45, 7) is 3.50. The minimum Gasteiger partial charge on any atom is -0.376 e. The number of nitrogens with zero attached hydrogens (tertiary/aromatic N) is 4. The first-order chi connectivity index (χ1) is 10.3. The van der Waals surface area contributed by atoms with Gasteiger partial charge < -0.3 is 14.5 Å². The first-order valence-corrected chi connectivity index (χ1v) is 8.63. The molecule has 4 heterocycles. The Kier molecular flexibility index (Phi) is 3.54. The fraction of sp³-hybridized carbons (Fsp3) is 0.786. The van der Waals surface area contributed by atoms with Gasteiger partial charge in [0, 0.05) is 38.6 Å². The highest BCUT2D eigenvalue weighted by Crippen LogP contribution is 2.35. The van der Waals surface area contributed by atoms with Gasteiger partial charge in [-0.1, -0.05) is 11.3 Å². The lowest BCUT2D eigenvalue weighted by molar-refractivity contribution is -0.137. The van der Waals surface area contributed by atoms with E-state index in [1.165, 1.54) is 6.42 Å². The van der Waals surface area contributed by atoms with Crippen LogP contribution in [0.4, 0.5) is 5.13 Å². The van der Waals surface area contributed by atoms with Gasteiger partial charge >= 0.3 is 0 Å². The molecule has 0 N–H and O–H groups in total. The summed E-state index contributed by atoms with van der Waals surface area (Å²) in [6, 6.07) is 0.169. The summed E-state index contributed by atoms with van der Waals surface area (Å²) in [5.41, 5.74) is 1.77. The molecule has 7 heteroatoms. The number of carbonyl (C=O) groups is 1. The number of carbonyl (C=O) groups excluding carboxylic acids is 1. The average molecular weight is 308 g/mol. The van der Waals surface area contributed by atoms with Crippen LogP contribution >= 0.6 is 11.3 Å². The van der Waals surface area contributed by atoms with Gasteiger partial charge in [0.15, 0.2) is 0 Å². The highest BCUT2D eigenvalue weighted by molar-refractivity contribution is 7.13. The van der Waals surface area contributed by atoms with E-state index in [9.17, 15) is 4.79 Å². The summed E-state index contributed by atoms with van der Waals surface area (Å²) in [4.78, 5) is 16.5. The maximum atomic E-state index is 12.2. The number of amides is 1. The molecule has 3 saturated heterocycles. The Balaban J connectivity index is 1.60. The molecule has 21 heavy (non-hydrogen) atoms. The average Bonchev–Trinajstić information content (AvgIpc) is 3.17. The summed E-state index contributed by atoms with van der Waals surface area (Å²) in [5, 5.41) is 9.13. The monoisotopic (exact) mass is 308 g/mol. The number of hydrogen-bond acceptors (Lipinski definition) is 6. The number of likely N-dealkylation sites (tertiary alicyclic amines) is 1. The van der Waals surface area contributed by atoms with Gasteiger partial charge in [0.1, 0.15) is 5.51 Å².